The Bertz CT molecular complexity index is 869. The number of rotatable bonds is 6. The molecule has 2 rings (SSSR count). The van der Waals surface area contributed by atoms with E-state index in [0.717, 1.165) is 22.1 Å². The normalized spacial score (nSPS) is 11.2. The van der Waals surface area contributed by atoms with Crippen LogP contribution in [0.4, 0.5) is 18.9 Å². The van der Waals surface area contributed by atoms with Crippen LogP contribution in [0.2, 0.25) is 0 Å². The van der Waals surface area contributed by atoms with Gasteiger partial charge in [0.1, 0.15) is 0 Å². The number of anilines is 1. The predicted molar refractivity (Wildman–Crippen MR) is 104 cm³/mol. The molecule has 0 saturated heterocycles. The van der Waals surface area contributed by atoms with Crippen molar-refractivity contribution in [1.29, 1.82) is 0 Å². The Morgan fingerprint density at radius 1 is 1.11 bits per heavy atom. The first-order chi connectivity index (χ1) is 13.1. The van der Waals surface area contributed by atoms with Gasteiger partial charge in [0, 0.05) is 11.9 Å². The van der Waals surface area contributed by atoms with Gasteiger partial charge in [-0.05, 0) is 37.6 Å². The summed E-state index contributed by atoms with van der Waals surface area (Å²) in [6.07, 6.45) is -4.58. The Balaban J connectivity index is 1.92. The van der Waals surface area contributed by atoms with Crippen molar-refractivity contribution in [2.45, 2.75) is 24.9 Å². The van der Waals surface area contributed by atoms with Crippen molar-refractivity contribution in [2.24, 2.45) is 0 Å². The van der Waals surface area contributed by atoms with Gasteiger partial charge in [-0.15, -0.1) is 11.8 Å². The van der Waals surface area contributed by atoms with Gasteiger partial charge in [-0.1, -0.05) is 29.8 Å². The Kier molecular flexibility index (Phi) is 7.12. The fourth-order valence-corrected chi connectivity index (χ4v) is 3.49. The van der Waals surface area contributed by atoms with Crippen molar-refractivity contribution in [2.75, 3.05) is 24.7 Å². The summed E-state index contributed by atoms with van der Waals surface area (Å²) in [5, 5.41) is 2.23. The number of halogens is 3. The van der Waals surface area contributed by atoms with Crippen LogP contribution in [0.25, 0.3) is 0 Å². The molecule has 0 aliphatic heterocycles. The monoisotopic (exact) mass is 410 g/mol. The van der Waals surface area contributed by atoms with Crippen molar-refractivity contribution in [1.82, 2.24) is 4.90 Å². The van der Waals surface area contributed by atoms with Crippen LogP contribution in [-0.4, -0.2) is 36.1 Å². The molecule has 2 aromatic rings. The van der Waals surface area contributed by atoms with Crippen molar-refractivity contribution < 1.29 is 22.8 Å². The van der Waals surface area contributed by atoms with E-state index in [1.807, 2.05) is 32.0 Å². The third-order valence-electron chi connectivity index (χ3n) is 3.99. The first-order valence-electron chi connectivity index (χ1n) is 8.48. The highest BCUT2D eigenvalue weighted by Gasteiger charge is 2.33. The van der Waals surface area contributed by atoms with Crippen molar-refractivity contribution in [3.63, 3.8) is 0 Å². The zero-order valence-corrected chi connectivity index (χ0v) is 16.6. The van der Waals surface area contributed by atoms with E-state index < -0.39 is 17.6 Å². The molecule has 0 unspecified atom stereocenters. The average molecular weight is 410 g/mol. The number of benzene rings is 2. The number of para-hydroxylation sites is 1. The summed E-state index contributed by atoms with van der Waals surface area (Å²) in [6.45, 7) is 3.60. The van der Waals surface area contributed by atoms with Crippen LogP contribution < -0.4 is 5.32 Å². The van der Waals surface area contributed by atoms with Crippen LogP contribution in [0.5, 0.6) is 0 Å². The summed E-state index contributed by atoms with van der Waals surface area (Å²) in [4.78, 5) is 26.5. The number of nitrogens with zero attached hydrogens (tertiary/aromatic N) is 1. The number of likely N-dealkylation sites (N-methyl/N-ethyl adjacent to an activating group) is 1. The fourth-order valence-electron chi connectivity index (χ4n) is 2.54. The van der Waals surface area contributed by atoms with Crippen molar-refractivity contribution in [3.8, 4) is 0 Å². The average Bonchev–Trinajstić information content (AvgIpc) is 2.60. The van der Waals surface area contributed by atoms with Crippen LogP contribution in [0.1, 0.15) is 16.7 Å². The maximum Gasteiger partial charge on any atom is 0.418 e. The standard InChI is InChI=1S/C20H21F3N2O2S/c1-13-8-9-17(14(2)10-13)28-12-19(27)25(3)11-18(26)24-16-7-5-4-6-15(16)20(21,22)23/h4-10H,11-12H2,1-3H3,(H,24,26). The third kappa shape index (κ3) is 6.02. The second kappa shape index (κ2) is 9.14. The topological polar surface area (TPSA) is 49.4 Å². The smallest absolute Gasteiger partial charge is 0.336 e. The molecule has 0 aliphatic carbocycles. The number of thioether (sulfide) groups is 1. The Morgan fingerprint density at radius 2 is 1.79 bits per heavy atom. The summed E-state index contributed by atoms with van der Waals surface area (Å²) < 4.78 is 39.0. The van der Waals surface area contributed by atoms with Gasteiger partial charge in [0.05, 0.1) is 23.5 Å². The number of aryl methyl sites for hydroxylation is 2. The maximum absolute atomic E-state index is 13.0. The molecular weight excluding hydrogens is 389 g/mol. The molecule has 0 aliphatic rings. The van der Waals surface area contributed by atoms with Gasteiger partial charge in [0.2, 0.25) is 11.8 Å². The van der Waals surface area contributed by atoms with Crippen LogP contribution >= 0.6 is 11.8 Å². The quantitative estimate of drug-likeness (QED) is 0.713. The van der Waals surface area contributed by atoms with Crippen LogP contribution in [0, 0.1) is 13.8 Å². The summed E-state index contributed by atoms with van der Waals surface area (Å²) in [5.41, 5.74) is 0.927. The van der Waals surface area contributed by atoms with Gasteiger partial charge in [0.25, 0.3) is 0 Å². The van der Waals surface area contributed by atoms with E-state index in [1.54, 1.807) is 0 Å². The van der Waals surface area contributed by atoms with E-state index >= 15 is 0 Å². The number of hydrogen-bond donors (Lipinski definition) is 1. The number of alkyl halides is 3. The third-order valence-corrected chi connectivity index (χ3v) is 5.16. The SMILES string of the molecule is Cc1ccc(SCC(=O)N(C)CC(=O)Nc2ccccc2C(F)(F)F)c(C)c1. The van der Waals surface area contributed by atoms with E-state index in [-0.39, 0.29) is 23.9 Å². The predicted octanol–water partition coefficient (Wildman–Crippen LogP) is 4.51. The van der Waals surface area contributed by atoms with Crippen molar-refractivity contribution >= 4 is 29.3 Å². The van der Waals surface area contributed by atoms with Crippen LogP contribution in [-0.2, 0) is 15.8 Å². The molecule has 0 radical (unpaired) electrons. The molecule has 2 amide bonds. The second-order valence-corrected chi connectivity index (χ2v) is 7.42. The number of carbonyl (C=O) groups excluding carboxylic acids is 2. The largest absolute Gasteiger partial charge is 0.418 e. The minimum Gasteiger partial charge on any atom is -0.336 e. The highest BCUT2D eigenvalue weighted by Crippen LogP contribution is 2.34. The van der Waals surface area contributed by atoms with E-state index in [1.165, 1.54) is 41.9 Å². The minimum atomic E-state index is -4.58. The Morgan fingerprint density at radius 3 is 2.43 bits per heavy atom. The van der Waals surface area contributed by atoms with Gasteiger partial charge in [0.15, 0.2) is 0 Å². The Hall–Kier alpha value is -2.48. The zero-order valence-electron chi connectivity index (χ0n) is 15.8. The van der Waals surface area contributed by atoms with Gasteiger partial charge in [-0.3, -0.25) is 9.59 Å². The van der Waals surface area contributed by atoms with Gasteiger partial charge >= 0.3 is 6.18 Å². The summed E-state index contributed by atoms with van der Waals surface area (Å²) in [6, 6.07) is 10.6. The molecule has 0 spiro atoms. The van der Waals surface area contributed by atoms with Gasteiger partial charge < -0.3 is 10.2 Å². The lowest BCUT2D eigenvalue weighted by molar-refractivity contribution is -0.137. The number of hydrogen-bond acceptors (Lipinski definition) is 3. The van der Waals surface area contributed by atoms with E-state index in [0.29, 0.717) is 0 Å². The van der Waals surface area contributed by atoms with Gasteiger partial charge in [-0.25, -0.2) is 0 Å². The second-order valence-electron chi connectivity index (χ2n) is 6.40. The lowest BCUT2D eigenvalue weighted by atomic mass is 10.1. The van der Waals surface area contributed by atoms with Crippen LogP contribution in [0.3, 0.4) is 0 Å². The molecule has 0 saturated carbocycles. The molecule has 0 atom stereocenters. The summed E-state index contributed by atoms with van der Waals surface area (Å²) in [5.74, 6) is -0.847. The first-order valence-corrected chi connectivity index (χ1v) is 9.46. The highest BCUT2D eigenvalue weighted by atomic mass is 32.2. The molecule has 0 heterocycles. The number of amides is 2. The molecule has 1 N–H and O–H groups in total. The summed E-state index contributed by atoms with van der Waals surface area (Å²) >= 11 is 1.36. The lowest BCUT2D eigenvalue weighted by Gasteiger charge is -2.18. The molecule has 0 bridgehead atoms. The molecule has 28 heavy (non-hydrogen) atoms. The van der Waals surface area contributed by atoms with Crippen LogP contribution in [0.15, 0.2) is 47.4 Å². The molecule has 150 valence electrons. The number of nitrogens with one attached hydrogen (secondary N) is 1. The molecule has 8 heteroatoms. The van der Waals surface area contributed by atoms with Crippen molar-refractivity contribution in [3.05, 3.63) is 59.2 Å². The minimum absolute atomic E-state index is 0.132. The van der Waals surface area contributed by atoms with Gasteiger partial charge in [-0.2, -0.15) is 13.2 Å². The molecule has 0 fully saturated rings. The number of carbonyl (C=O) groups is 2. The molecule has 0 aromatic heterocycles. The fraction of sp³-hybridized carbons (Fsp3) is 0.300. The molecule has 4 nitrogen and oxygen atoms in total. The van der Waals surface area contributed by atoms with E-state index in [2.05, 4.69) is 5.32 Å². The van der Waals surface area contributed by atoms with E-state index in [4.69, 9.17) is 0 Å². The highest BCUT2D eigenvalue weighted by molar-refractivity contribution is 8.00. The van der Waals surface area contributed by atoms with E-state index in [9.17, 15) is 22.8 Å². The summed E-state index contributed by atoms with van der Waals surface area (Å²) in [7, 11) is 1.44. The Labute approximate surface area is 166 Å². The zero-order chi connectivity index (χ0) is 20.9. The molecular formula is C20H21F3N2O2S. The lowest BCUT2D eigenvalue weighted by Crippen LogP contribution is -2.36. The molecule has 2 aromatic carbocycles. The first kappa shape index (κ1) is 21.8. The maximum atomic E-state index is 13.0.